The fourth-order valence-corrected chi connectivity index (χ4v) is 5.31. The van der Waals surface area contributed by atoms with Crippen molar-refractivity contribution in [1.29, 1.82) is 0 Å². The van der Waals surface area contributed by atoms with E-state index in [1.54, 1.807) is 20.8 Å². The molecule has 29 heavy (non-hydrogen) atoms. The van der Waals surface area contributed by atoms with Crippen LogP contribution in [0, 0.1) is 10.1 Å². The number of benzene rings is 1. The number of nitro groups is 1. The molecule has 0 radical (unpaired) electrons. The topological polar surface area (TPSA) is 120 Å². The number of aromatic nitrogens is 3. The van der Waals surface area contributed by atoms with Gasteiger partial charge in [0.1, 0.15) is 5.82 Å². The first kappa shape index (κ1) is 21.7. The van der Waals surface area contributed by atoms with Crippen molar-refractivity contribution >= 4 is 27.5 Å². The Morgan fingerprint density at radius 2 is 1.93 bits per heavy atom. The summed E-state index contributed by atoms with van der Waals surface area (Å²) in [6.45, 7) is 9.18. The van der Waals surface area contributed by atoms with E-state index >= 15 is 0 Å². The highest BCUT2D eigenvalue weighted by Crippen LogP contribution is 2.43. The van der Waals surface area contributed by atoms with E-state index in [-0.39, 0.29) is 16.5 Å². The van der Waals surface area contributed by atoms with Crippen molar-refractivity contribution in [3.63, 3.8) is 0 Å². The van der Waals surface area contributed by atoms with Gasteiger partial charge in [-0.2, -0.15) is 0 Å². The van der Waals surface area contributed by atoms with E-state index in [1.807, 2.05) is 18.4 Å². The number of hydrogen-bond donors (Lipinski definition) is 1. The van der Waals surface area contributed by atoms with Crippen LogP contribution in [-0.2, 0) is 10.0 Å². The van der Waals surface area contributed by atoms with Crippen molar-refractivity contribution in [1.82, 2.24) is 19.5 Å². The van der Waals surface area contributed by atoms with Crippen LogP contribution in [0.25, 0.3) is 0 Å². The van der Waals surface area contributed by atoms with Crippen LogP contribution in [0.1, 0.15) is 65.2 Å². The third kappa shape index (κ3) is 4.96. The highest BCUT2D eigenvalue weighted by Gasteiger charge is 2.32. The molecule has 1 fully saturated rings. The van der Waals surface area contributed by atoms with Gasteiger partial charge in [-0.15, -0.1) is 10.2 Å². The molecular weight excluding hydrogens is 414 g/mol. The molecule has 0 bridgehead atoms. The van der Waals surface area contributed by atoms with Crippen LogP contribution >= 0.6 is 11.8 Å². The minimum atomic E-state index is -3.88. The molecule has 3 rings (SSSR count). The summed E-state index contributed by atoms with van der Waals surface area (Å²) in [5.41, 5.74) is -0.974. The van der Waals surface area contributed by atoms with Gasteiger partial charge in [-0.1, -0.05) is 13.8 Å². The SMILES string of the molecule is CC(C)c1nnc(Sc2ccc(S(=O)(=O)NC(C)(C)C)cc2[N+](=O)[O-])n1C1CC1. The predicted octanol–water partition coefficient (Wildman–Crippen LogP) is 3.87. The Hall–Kier alpha value is -1.98. The first-order chi connectivity index (χ1) is 13.4. The molecule has 158 valence electrons. The van der Waals surface area contributed by atoms with Crippen molar-refractivity contribution in [3.05, 3.63) is 34.1 Å². The Labute approximate surface area is 174 Å². The molecule has 9 nitrogen and oxygen atoms in total. The summed E-state index contributed by atoms with van der Waals surface area (Å²) in [5, 5.41) is 20.7. The number of hydrogen-bond acceptors (Lipinski definition) is 7. The maximum Gasteiger partial charge on any atom is 0.284 e. The third-order valence-corrected chi connectivity index (χ3v) is 6.98. The van der Waals surface area contributed by atoms with Crippen LogP contribution in [0.2, 0.25) is 0 Å². The van der Waals surface area contributed by atoms with Crippen LogP contribution < -0.4 is 4.72 Å². The van der Waals surface area contributed by atoms with Crippen molar-refractivity contribution < 1.29 is 13.3 Å². The standard InChI is InChI=1S/C18H25N5O4S2/c1-11(2)16-19-20-17(22(16)12-6-7-12)28-15-9-8-13(10-14(15)23(24)25)29(26,27)21-18(3,4)5/h8-12,21H,6-7H2,1-5H3. The van der Waals surface area contributed by atoms with Crippen LogP contribution in [-0.4, -0.2) is 33.6 Å². The average molecular weight is 440 g/mol. The second-order valence-corrected chi connectivity index (χ2v) is 11.1. The Bertz CT molecular complexity index is 1040. The van der Waals surface area contributed by atoms with Crippen molar-refractivity contribution in [2.45, 2.75) is 79.9 Å². The lowest BCUT2D eigenvalue weighted by Crippen LogP contribution is -2.40. The molecule has 0 atom stereocenters. The molecule has 1 saturated carbocycles. The van der Waals surface area contributed by atoms with Gasteiger partial charge in [0.05, 0.1) is 14.7 Å². The summed E-state index contributed by atoms with van der Waals surface area (Å²) in [5.74, 6) is 1.04. The summed E-state index contributed by atoms with van der Waals surface area (Å²) in [6, 6.07) is 4.25. The zero-order valence-corrected chi connectivity index (χ0v) is 18.7. The molecule has 1 N–H and O–H groups in total. The Morgan fingerprint density at radius 3 is 2.45 bits per heavy atom. The molecule has 2 aromatic rings. The van der Waals surface area contributed by atoms with Gasteiger partial charge in [-0.3, -0.25) is 10.1 Å². The Morgan fingerprint density at radius 1 is 1.28 bits per heavy atom. The fraction of sp³-hybridized carbons (Fsp3) is 0.556. The van der Waals surface area contributed by atoms with E-state index < -0.39 is 20.5 Å². The van der Waals surface area contributed by atoms with Gasteiger partial charge in [-0.25, -0.2) is 13.1 Å². The molecular formula is C18H25N5O4S2. The summed E-state index contributed by atoms with van der Waals surface area (Å²) < 4.78 is 29.7. The zero-order chi connectivity index (χ0) is 21.6. The largest absolute Gasteiger partial charge is 0.302 e. The lowest BCUT2D eigenvalue weighted by atomic mass is 10.1. The molecule has 1 aliphatic rings. The van der Waals surface area contributed by atoms with Crippen LogP contribution in [0.15, 0.2) is 33.1 Å². The van der Waals surface area contributed by atoms with Gasteiger partial charge in [0.25, 0.3) is 5.69 Å². The number of nitrogens with one attached hydrogen (secondary N) is 1. The molecule has 1 aliphatic carbocycles. The lowest BCUT2D eigenvalue weighted by molar-refractivity contribution is -0.388. The van der Waals surface area contributed by atoms with Crippen molar-refractivity contribution in [2.24, 2.45) is 0 Å². The first-order valence-electron chi connectivity index (χ1n) is 9.34. The molecule has 0 unspecified atom stereocenters. The van der Waals surface area contributed by atoms with E-state index in [9.17, 15) is 18.5 Å². The third-order valence-electron chi connectivity index (χ3n) is 4.20. The second-order valence-electron chi connectivity index (χ2n) is 8.44. The zero-order valence-electron chi connectivity index (χ0n) is 17.0. The molecule has 1 aromatic carbocycles. The van der Waals surface area contributed by atoms with Crippen LogP contribution in [0.3, 0.4) is 0 Å². The van der Waals surface area contributed by atoms with Crippen LogP contribution in [0.4, 0.5) is 5.69 Å². The number of nitro benzene ring substituents is 1. The first-order valence-corrected chi connectivity index (χ1v) is 11.6. The molecule has 1 aromatic heterocycles. The molecule has 0 spiro atoms. The lowest BCUT2D eigenvalue weighted by Gasteiger charge is -2.20. The number of nitrogens with zero attached hydrogens (tertiary/aromatic N) is 4. The van der Waals surface area contributed by atoms with E-state index in [2.05, 4.69) is 14.9 Å². The Balaban J connectivity index is 1.99. The predicted molar refractivity (Wildman–Crippen MR) is 110 cm³/mol. The molecule has 11 heteroatoms. The molecule has 1 heterocycles. The Kier molecular flexibility index (Phi) is 5.76. The molecule has 0 amide bonds. The number of rotatable bonds is 7. The quantitative estimate of drug-likeness (QED) is 0.513. The maximum atomic E-state index is 12.6. The monoisotopic (exact) mass is 439 g/mol. The highest BCUT2D eigenvalue weighted by molar-refractivity contribution is 7.99. The average Bonchev–Trinajstić information content (AvgIpc) is 3.32. The molecule has 0 saturated heterocycles. The van der Waals surface area contributed by atoms with E-state index in [1.165, 1.54) is 12.1 Å². The van der Waals surface area contributed by atoms with Gasteiger partial charge in [0.15, 0.2) is 5.16 Å². The van der Waals surface area contributed by atoms with Crippen molar-refractivity contribution in [3.8, 4) is 0 Å². The van der Waals surface area contributed by atoms with Crippen LogP contribution in [0.5, 0.6) is 0 Å². The normalized spacial score (nSPS) is 15.1. The van der Waals surface area contributed by atoms with E-state index in [4.69, 9.17) is 0 Å². The molecule has 0 aliphatic heterocycles. The number of sulfonamides is 1. The minimum absolute atomic E-state index is 0.144. The fourth-order valence-electron chi connectivity index (χ4n) is 2.88. The van der Waals surface area contributed by atoms with Gasteiger partial charge in [0.2, 0.25) is 10.0 Å². The highest BCUT2D eigenvalue weighted by atomic mass is 32.2. The van der Waals surface area contributed by atoms with Gasteiger partial charge in [-0.05, 0) is 57.5 Å². The van der Waals surface area contributed by atoms with Crippen molar-refractivity contribution in [2.75, 3.05) is 0 Å². The maximum absolute atomic E-state index is 12.6. The minimum Gasteiger partial charge on any atom is -0.302 e. The van der Waals surface area contributed by atoms with E-state index in [0.717, 1.165) is 36.5 Å². The summed E-state index contributed by atoms with van der Waals surface area (Å²) in [7, 11) is -3.88. The summed E-state index contributed by atoms with van der Waals surface area (Å²) in [4.78, 5) is 11.3. The van der Waals surface area contributed by atoms with Gasteiger partial charge >= 0.3 is 0 Å². The summed E-state index contributed by atoms with van der Waals surface area (Å²) in [6.07, 6.45) is 2.06. The second kappa shape index (κ2) is 7.69. The van der Waals surface area contributed by atoms with Gasteiger partial charge in [0, 0.05) is 23.6 Å². The van der Waals surface area contributed by atoms with Gasteiger partial charge < -0.3 is 4.57 Å². The summed E-state index contributed by atoms with van der Waals surface area (Å²) >= 11 is 1.14. The van der Waals surface area contributed by atoms with E-state index in [0.29, 0.717) is 16.1 Å². The smallest absolute Gasteiger partial charge is 0.284 e.